The molecule has 0 nitrogen and oxygen atoms in total. The third kappa shape index (κ3) is 1.54. The molecule has 1 aliphatic rings. The molecule has 0 aliphatic heterocycles. The largest absolute Gasteiger partial charge is 0.416 e. The van der Waals surface area contributed by atoms with Gasteiger partial charge in [-0.15, -0.1) is 0 Å². The summed E-state index contributed by atoms with van der Waals surface area (Å²) in [6, 6.07) is 3.92. The fourth-order valence-electron chi connectivity index (χ4n) is 1.68. The van der Waals surface area contributed by atoms with Crippen LogP contribution in [-0.4, -0.2) is 0 Å². The van der Waals surface area contributed by atoms with E-state index in [0.717, 1.165) is 23.6 Å². The van der Waals surface area contributed by atoms with Crippen LogP contribution in [-0.2, 0) is 12.6 Å². The van der Waals surface area contributed by atoms with Crippen LogP contribution in [0.2, 0.25) is 0 Å². The van der Waals surface area contributed by atoms with Crippen molar-refractivity contribution in [2.75, 3.05) is 0 Å². The van der Waals surface area contributed by atoms with Crippen LogP contribution in [0.25, 0.3) is 6.08 Å². The molecular formula is C11H9F3. The molecule has 2 rings (SSSR count). The summed E-state index contributed by atoms with van der Waals surface area (Å²) < 4.78 is 37.0. The Bertz CT molecular complexity index is 399. The summed E-state index contributed by atoms with van der Waals surface area (Å²) in [6.45, 7) is 1.92. The van der Waals surface area contributed by atoms with E-state index < -0.39 is 11.7 Å². The number of halogens is 3. The quantitative estimate of drug-likeness (QED) is 0.596. The molecule has 0 atom stereocenters. The van der Waals surface area contributed by atoms with Crippen molar-refractivity contribution < 1.29 is 13.2 Å². The second-order valence-corrected chi connectivity index (χ2v) is 3.58. The molecule has 1 aromatic carbocycles. The Hall–Kier alpha value is -1.25. The van der Waals surface area contributed by atoms with E-state index in [1.54, 1.807) is 6.07 Å². The molecule has 1 aliphatic carbocycles. The van der Waals surface area contributed by atoms with E-state index in [1.165, 1.54) is 6.07 Å². The van der Waals surface area contributed by atoms with Gasteiger partial charge in [-0.05, 0) is 36.6 Å². The van der Waals surface area contributed by atoms with Gasteiger partial charge in [0.25, 0.3) is 0 Å². The van der Waals surface area contributed by atoms with Crippen LogP contribution in [0.4, 0.5) is 13.2 Å². The highest BCUT2D eigenvalue weighted by atomic mass is 19.4. The molecule has 0 amide bonds. The topological polar surface area (TPSA) is 0 Å². The summed E-state index contributed by atoms with van der Waals surface area (Å²) in [5, 5.41) is 0. The average Bonchev–Trinajstić information content (AvgIpc) is 2.41. The van der Waals surface area contributed by atoms with E-state index >= 15 is 0 Å². The van der Waals surface area contributed by atoms with Gasteiger partial charge in [-0.1, -0.05) is 17.7 Å². The highest BCUT2D eigenvalue weighted by Crippen LogP contribution is 2.33. The number of allylic oxidation sites excluding steroid dienone is 1. The summed E-state index contributed by atoms with van der Waals surface area (Å²) in [5.74, 6) is 0. The molecule has 0 N–H and O–H groups in total. The zero-order valence-electron chi connectivity index (χ0n) is 7.65. The van der Waals surface area contributed by atoms with Crippen molar-refractivity contribution >= 4 is 6.08 Å². The molecule has 0 saturated heterocycles. The van der Waals surface area contributed by atoms with E-state index in [9.17, 15) is 13.2 Å². The molecule has 1 aromatic rings. The molecule has 0 fully saturated rings. The summed E-state index contributed by atoms with van der Waals surface area (Å²) >= 11 is 0. The molecule has 0 saturated carbocycles. The van der Waals surface area contributed by atoms with Crippen LogP contribution in [0.3, 0.4) is 0 Å². The molecule has 3 heteroatoms. The van der Waals surface area contributed by atoms with Gasteiger partial charge in [0, 0.05) is 0 Å². The first-order valence-electron chi connectivity index (χ1n) is 4.34. The number of benzene rings is 1. The summed E-state index contributed by atoms with van der Waals surface area (Å²) in [4.78, 5) is 0. The van der Waals surface area contributed by atoms with E-state index in [2.05, 4.69) is 0 Å². The molecule has 14 heavy (non-hydrogen) atoms. The predicted molar refractivity (Wildman–Crippen MR) is 48.8 cm³/mol. The van der Waals surface area contributed by atoms with E-state index in [4.69, 9.17) is 0 Å². The lowest BCUT2D eigenvalue weighted by atomic mass is 10.1. The predicted octanol–water partition coefficient (Wildman–Crippen LogP) is 3.66. The van der Waals surface area contributed by atoms with Crippen molar-refractivity contribution in [3.8, 4) is 0 Å². The molecule has 0 spiro atoms. The minimum Gasteiger partial charge on any atom is -0.166 e. The van der Waals surface area contributed by atoms with Crippen molar-refractivity contribution in [1.82, 2.24) is 0 Å². The maximum Gasteiger partial charge on any atom is 0.416 e. The van der Waals surface area contributed by atoms with Crippen LogP contribution < -0.4 is 0 Å². The van der Waals surface area contributed by atoms with Gasteiger partial charge in [-0.2, -0.15) is 13.2 Å². The van der Waals surface area contributed by atoms with E-state index in [0.29, 0.717) is 5.56 Å². The van der Waals surface area contributed by atoms with Gasteiger partial charge in [0.2, 0.25) is 0 Å². The summed E-state index contributed by atoms with van der Waals surface area (Å²) in [7, 11) is 0. The second-order valence-electron chi connectivity index (χ2n) is 3.58. The minimum absolute atomic E-state index is 0.567. The number of alkyl halides is 3. The Morgan fingerprint density at radius 3 is 2.57 bits per heavy atom. The summed E-state index contributed by atoms with van der Waals surface area (Å²) in [6.07, 6.45) is -1.66. The number of rotatable bonds is 0. The highest BCUT2D eigenvalue weighted by molar-refractivity contribution is 5.64. The fraction of sp³-hybridized carbons (Fsp3) is 0.273. The van der Waals surface area contributed by atoms with Crippen molar-refractivity contribution in [2.24, 2.45) is 0 Å². The van der Waals surface area contributed by atoms with Gasteiger partial charge in [-0.25, -0.2) is 0 Å². The van der Waals surface area contributed by atoms with Gasteiger partial charge in [0.15, 0.2) is 0 Å². The lowest BCUT2D eigenvalue weighted by molar-refractivity contribution is -0.137. The molecule has 74 valence electrons. The van der Waals surface area contributed by atoms with Crippen LogP contribution in [0.15, 0.2) is 23.8 Å². The van der Waals surface area contributed by atoms with Gasteiger partial charge >= 0.3 is 6.18 Å². The average molecular weight is 198 g/mol. The van der Waals surface area contributed by atoms with E-state index in [1.807, 2.05) is 13.0 Å². The Kier molecular flexibility index (Phi) is 1.91. The zero-order valence-corrected chi connectivity index (χ0v) is 7.65. The van der Waals surface area contributed by atoms with Crippen molar-refractivity contribution in [3.63, 3.8) is 0 Å². The Morgan fingerprint density at radius 1 is 1.21 bits per heavy atom. The van der Waals surface area contributed by atoms with Crippen LogP contribution in [0.1, 0.15) is 23.6 Å². The molecule has 0 unspecified atom stereocenters. The van der Waals surface area contributed by atoms with Crippen molar-refractivity contribution in [1.29, 1.82) is 0 Å². The SMILES string of the molecule is CC1=Cc2cc(C(F)(F)F)ccc2C1. The third-order valence-electron chi connectivity index (χ3n) is 2.34. The number of hydrogen-bond donors (Lipinski definition) is 0. The first kappa shape index (κ1) is 9.31. The van der Waals surface area contributed by atoms with Crippen LogP contribution in [0.5, 0.6) is 0 Å². The minimum atomic E-state index is -4.24. The standard InChI is InChI=1S/C11H9F3/c1-7-4-8-2-3-10(11(12,13)14)6-9(8)5-7/h2-3,5-6H,4H2,1H3. The molecule has 0 aromatic heterocycles. The fourth-order valence-corrected chi connectivity index (χ4v) is 1.68. The molecule has 0 heterocycles. The first-order chi connectivity index (χ1) is 6.47. The van der Waals surface area contributed by atoms with Gasteiger partial charge in [0.1, 0.15) is 0 Å². The lowest BCUT2D eigenvalue weighted by Crippen LogP contribution is -2.05. The Balaban J connectivity index is 2.46. The van der Waals surface area contributed by atoms with Gasteiger partial charge < -0.3 is 0 Å². The monoisotopic (exact) mass is 198 g/mol. The Morgan fingerprint density at radius 2 is 1.93 bits per heavy atom. The van der Waals surface area contributed by atoms with E-state index in [-0.39, 0.29) is 0 Å². The zero-order chi connectivity index (χ0) is 10.3. The van der Waals surface area contributed by atoms with Crippen molar-refractivity contribution in [3.05, 3.63) is 40.5 Å². The lowest BCUT2D eigenvalue weighted by Gasteiger charge is -2.07. The number of hydrogen-bond acceptors (Lipinski definition) is 0. The van der Waals surface area contributed by atoms with Crippen LogP contribution >= 0.6 is 0 Å². The molecule has 0 radical (unpaired) electrons. The Labute approximate surface area is 80.1 Å². The maximum atomic E-state index is 12.3. The second kappa shape index (κ2) is 2.87. The number of fused-ring (bicyclic) bond motifs is 1. The van der Waals surface area contributed by atoms with Gasteiger partial charge in [0.05, 0.1) is 5.56 Å². The third-order valence-corrected chi connectivity index (χ3v) is 2.34. The smallest absolute Gasteiger partial charge is 0.166 e. The normalized spacial score (nSPS) is 15.3. The summed E-state index contributed by atoms with van der Waals surface area (Å²) in [5.41, 5.74) is 2.23. The van der Waals surface area contributed by atoms with Crippen molar-refractivity contribution in [2.45, 2.75) is 19.5 Å². The van der Waals surface area contributed by atoms with Crippen LogP contribution in [0, 0.1) is 0 Å². The van der Waals surface area contributed by atoms with Gasteiger partial charge in [-0.3, -0.25) is 0 Å². The molecular weight excluding hydrogens is 189 g/mol. The maximum absolute atomic E-state index is 12.3. The molecule has 0 bridgehead atoms. The highest BCUT2D eigenvalue weighted by Gasteiger charge is 2.31. The first-order valence-corrected chi connectivity index (χ1v) is 4.34.